The molecule has 2 aliphatic heterocycles. The minimum Gasteiger partial charge on any atom is -0.376 e. The molecule has 3 atom stereocenters. The molecule has 0 radical (unpaired) electrons. The van der Waals surface area contributed by atoms with Crippen molar-refractivity contribution in [2.75, 3.05) is 26.4 Å². The quantitative estimate of drug-likeness (QED) is 0.613. The van der Waals surface area contributed by atoms with Crippen molar-refractivity contribution in [3.05, 3.63) is 0 Å². The molecule has 2 heterocycles. The SMILES string of the molecule is C(OCC1CO1)C1CO1.OC(F)(C(F)F)C(F)(F)F. The van der Waals surface area contributed by atoms with Crippen molar-refractivity contribution in [2.45, 2.75) is 30.7 Å². The van der Waals surface area contributed by atoms with Gasteiger partial charge in [-0.25, -0.2) is 8.78 Å². The molecule has 0 aromatic rings. The lowest BCUT2D eigenvalue weighted by Crippen LogP contribution is -2.47. The molecular weight excluding hydrogens is 286 g/mol. The Hall–Kier alpha value is -0.580. The summed E-state index contributed by atoms with van der Waals surface area (Å²) in [6.45, 7) is 3.26. The molecule has 0 aliphatic carbocycles. The van der Waals surface area contributed by atoms with Crippen LogP contribution in [0.1, 0.15) is 0 Å². The molecule has 0 amide bonds. The van der Waals surface area contributed by atoms with Crippen molar-refractivity contribution in [1.29, 1.82) is 0 Å². The van der Waals surface area contributed by atoms with Gasteiger partial charge < -0.3 is 19.3 Å². The van der Waals surface area contributed by atoms with Crippen molar-refractivity contribution in [1.82, 2.24) is 0 Å². The molecule has 1 N–H and O–H groups in total. The smallest absolute Gasteiger partial charge is 0.376 e. The van der Waals surface area contributed by atoms with Gasteiger partial charge in [0.1, 0.15) is 12.2 Å². The van der Waals surface area contributed by atoms with Gasteiger partial charge in [-0.3, -0.25) is 0 Å². The van der Waals surface area contributed by atoms with Crippen molar-refractivity contribution in [3.63, 3.8) is 0 Å². The van der Waals surface area contributed by atoms with E-state index in [9.17, 15) is 26.3 Å². The van der Waals surface area contributed by atoms with Gasteiger partial charge in [-0.05, 0) is 0 Å². The highest BCUT2D eigenvalue weighted by Gasteiger charge is 2.62. The summed E-state index contributed by atoms with van der Waals surface area (Å²) in [4.78, 5) is 0. The third-order valence-corrected chi connectivity index (χ3v) is 2.10. The molecule has 0 spiro atoms. The molecule has 2 rings (SSSR count). The van der Waals surface area contributed by atoms with E-state index in [1.165, 1.54) is 0 Å². The summed E-state index contributed by atoms with van der Waals surface area (Å²) in [7, 11) is 0. The van der Waals surface area contributed by atoms with Crippen LogP contribution in [-0.4, -0.2) is 62.2 Å². The Labute approximate surface area is 104 Å². The first-order valence-corrected chi connectivity index (χ1v) is 5.21. The van der Waals surface area contributed by atoms with E-state index < -0.39 is 18.5 Å². The Bertz CT molecular complexity index is 262. The Morgan fingerprint density at radius 3 is 1.58 bits per heavy atom. The first-order valence-electron chi connectivity index (χ1n) is 5.21. The number of hydrogen-bond acceptors (Lipinski definition) is 4. The number of halogens is 6. The lowest BCUT2D eigenvalue weighted by Gasteiger charge is -2.20. The molecule has 0 bridgehead atoms. The van der Waals surface area contributed by atoms with Crippen LogP contribution in [0.5, 0.6) is 0 Å². The van der Waals surface area contributed by atoms with E-state index in [4.69, 9.17) is 19.3 Å². The van der Waals surface area contributed by atoms with Crippen LogP contribution in [0.25, 0.3) is 0 Å². The van der Waals surface area contributed by atoms with Crippen LogP contribution in [0, 0.1) is 0 Å². The molecule has 19 heavy (non-hydrogen) atoms. The average molecular weight is 298 g/mol. The predicted octanol–water partition coefficient (Wildman–Crippen LogP) is 1.27. The second kappa shape index (κ2) is 6.25. The molecule has 2 saturated heterocycles. The van der Waals surface area contributed by atoms with Gasteiger partial charge in [-0.15, -0.1) is 0 Å². The Kier molecular flexibility index (Phi) is 5.42. The normalized spacial score (nSPS) is 28.4. The number of ether oxygens (including phenoxy) is 3. The van der Waals surface area contributed by atoms with E-state index >= 15 is 0 Å². The zero-order valence-corrected chi connectivity index (χ0v) is 9.50. The van der Waals surface area contributed by atoms with Crippen molar-refractivity contribution in [3.8, 4) is 0 Å². The molecule has 0 saturated carbocycles. The van der Waals surface area contributed by atoms with Crippen molar-refractivity contribution in [2.24, 2.45) is 0 Å². The first-order chi connectivity index (χ1) is 8.64. The number of rotatable bonds is 5. The minimum atomic E-state index is -5.94. The third kappa shape index (κ3) is 5.93. The van der Waals surface area contributed by atoms with Gasteiger partial charge in [0.05, 0.1) is 26.4 Å². The third-order valence-electron chi connectivity index (χ3n) is 2.10. The highest BCUT2D eigenvalue weighted by molar-refractivity contribution is 4.77. The van der Waals surface area contributed by atoms with Crippen molar-refractivity contribution < 1.29 is 45.7 Å². The molecule has 0 aromatic carbocycles. The Morgan fingerprint density at radius 1 is 1.05 bits per heavy atom. The molecule has 0 aromatic heterocycles. The number of epoxide rings is 2. The number of aliphatic hydroxyl groups is 1. The van der Waals surface area contributed by atoms with E-state index in [1.807, 2.05) is 0 Å². The van der Waals surface area contributed by atoms with Crippen LogP contribution in [0.3, 0.4) is 0 Å². The maximum atomic E-state index is 11.4. The lowest BCUT2D eigenvalue weighted by atomic mass is 10.3. The van der Waals surface area contributed by atoms with Crippen molar-refractivity contribution >= 4 is 0 Å². The first kappa shape index (κ1) is 16.5. The van der Waals surface area contributed by atoms with Crippen LogP contribution in [0.4, 0.5) is 26.3 Å². The lowest BCUT2D eigenvalue weighted by molar-refractivity contribution is -0.352. The zero-order valence-electron chi connectivity index (χ0n) is 9.50. The van der Waals surface area contributed by atoms with E-state index in [0.29, 0.717) is 12.2 Å². The summed E-state index contributed by atoms with van der Waals surface area (Å²) in [6.07, 6.45) is -9.64. The molecule has 114 valence electrons. The van der Waals surface area contributed by atoms with Gasteiger partial charge in [0.25, 0.3) is 0 Å². The summed E-state index contributed by atoms with van der Waals surface area (Å²) in [6, 6.07) is 0. The maximum absolute atomic E-state index is 11.4. The fourth-order valence-electron chi connectivity index (χ4n) is 0.783. The fourth-order valence-corrected chi connectivity index (χ4v) is 0.783. The number of alkyl halides is 6. The monoisotopic (exact) mass is 298 g/mol. The van der Waals surface area contributed by atoms with Crippen LogP contribution < -0.4 is 0 Å². The topological polar surface area (TPSA) is 54.5 Å². The minimum absolute atomic E-state index is 0.392. The van der Waals surface area contributed by atoms with E-state index in [0.717, 1.165) is 26.4 Å². The van der Waals surface area contributed by atoms with Gasteiger partial charge in [-0.2, -0.15) is 17.6 Å². The van der Waals surface area contributed by atoms with Crippen LogP contribution in [0.2, 0.25) is 0 Å². The average Bonchev–Trinajstić information content (AvgIpc) is 3.11. The zero-order chi connectivity index (χ0) is 14.7. The van der Waals surface area contributed by atoms with Gasteiger partial charge in [0.15, 0.2) is 0 Å². The van der Waals surface area contributed by atoms with E-state index in [-0.39, 0.29) is 0 Å². The standard InChI is InChI=1S/C6H10O3.C3H2F6O/c1(5-3-8-5)7-2-6-4-9-6;4-1(5)2(6,10)3(7,8)9/h5-6H,1-4H2;1,10H. The van der Waals surface area contributed by atoms with Crippen LogP contribution >= 0.6 is 0 Å². The van der Waals surface area contributed by atoms with Crippen LogP contribution in [-0.2, 0) is 14.2 Å². The summed E-state index contributed by atoms with van der Waals surface area (Å²) >= 11 is 0. The number of hydrogen-bond donors (Lipinski definition) is 1. The highest BCUT2D eigenvalue weighted by Crippen LogP contribution is 2.36. The van der Waals surface area contributed by atoms with Gasteiger partial charge in [0, 0.05) is 0 Å². The second-order valence-corrected chi connectivity index (χ2v) is 3.92. The van der Waals surface area contributed by atoms with Gasteiger partial charge in [-0.1, -0.05) is 0 Å². The van der Waals surface area contributed by atoms with Crippen LogP contribution in [0.15, 0.2) is 0 Å². The molecule has 4 nitrogen and oxygen atoms in total. The summed E-state index contributed by atoms with van der Waals surface area (Å²) < 4.78 is 81.4. The maximum Gasteiger partial charge on any atom is 0.454 e. The molecule has 2 fully saturated rings. The van der Waals surface area contributed by atoms with E-state index in [1.54, 1.807) is 0 Å². The van der Waals surface area contributed by atoms with E-state index in [2.05, 4.69) is 0 Å². The van der Waals surface area contributed by atoms with Gasteiger partial charge in [0.2, 0.25) is 0 Å². The Balaban J connectivity index is 0.000000190. The largest absolute Gasteiger partial charge is 0.454 e. The second-order valence-electron chi connectivity index (χ2n) is 3.92. The molecule has 2 aliphatic rings. The fraction of sp³-hybridized carbons (Fsp3) is 1.00. The van der Waals surface area contributed by atoms with Gasteiger partial charge >= 0.3 is 18.5 Å². The summed E-state index contributed by atoms with van der Waals surface area (Å²) in [5.74, 6) is -5.40. The summed E-state index contributed by atoms with van der Waals surface area (Å²) in [5, 5.41) is 7.39. The summed E-state index contributed by atoms with van der Waals surface area (Å²) in [5.41, 5.74) is 0. The Morgan fingerprint density at radius 2 is 1.42 bits per heavy atom. The highest BCUT2D eigenvalue weighted by atomic mass is 19.4. The molecular formula is C9H12F6O4. The predicted molar refractivity (Wildman–Crippen MR) is 48.4 cm³/mol. The molecule has 3 unspecified atom stereocenters. The molecule has 10 heteroatoms.